The first-order chi connectivity index (χ1) is 18.1. The van der Waals surface area contributed by atoms with Gasteiger partial charge in [0.05, 0.1) is 10.5 Å². The summed E-state index contributed by atoms with van der Waals surface area (Å²) in [6.45, 7) is 1.79. The third-order valence-corrected chi connectivity index (χ3v) is 7.48. The number of sulfonamides is 1. The van der Waals surface area contributed by atoms with Gasteiger partial charge < -0.3 is 0 Å². The molecule has 4 rings (SSSR count). The minimum absolute atomic E-state index is 0.147. The van der Waals surface area contributed by atoms with E-state index < -0.39 is 33.7 Å². The largest absolute Gasteiger partial charge is 0.416 e. The van der Waals surface area contributed by atoms with Crippen molar-refractivity contribution in [3.05, 3.63) is 137 Å². The maximum absolute atomic E-state index is 14.0. The molecule has 0 aliphatic carbocycles. The van der Waals surface area contributed by atoms with Crippen LogP contribution in [0.3, 0.4) is 0 Å². The molecule has 0 N–H and O–H groups in total. The molecule has 38 heavy (non-hydrogen) atoms. The van der Waals surface area contributed by atoms with E-state index >= 15 is 0 Å². The van der Waals surface area contributed by atoms with E-state index in [-0.39, 0.29) is 10.5 Å². The van der Waals surface area contributed by atoms with Gasteiger partial charge in [0.1, 0.15) is 6.04 Å². The molecule has 0 fully saturated rings. The molecule has 0 radical (unpaired) electrons. The SMILES string of the molecule is Cc1ccc(S(=O)(=O)N(C(=O)c2ccc(C(F)(F)F)cc2)C(C#Cc2ccccc2)c2ccccc2)cc1. The van der Waals surface area contributed by atoms with Gasteiger partial charge in [0.25, 0.3) is 15.9 Å². The van der Waals surface area contributed by atoms with Gasteiger partial charge >= 0.3 is 6.18 Å². The molecule has 0 saturated carbocycles. The molecular weight excluding hydrogens is 511 g/mol. The van der Waals surface area contributed by atoms with Crippen molar-refractivity contribution < 1.29 is 26.4 Å². The molecule has 0 aromatic heterocycles. The highest BCUT2D eigenvalue weighted by Gasteiger charge is 2.37. The smallest absolute Gasteiger partial charge is 0.268 e. The Morgan fingerprint density at radius 3 is 1.89 bits per heavy atom. The lowest BCUT2D eigenvalue weighted by molar-refractivity contribution is -0.137. The molecule has 4 nitrogen and oxygen atoms in total. The number of benzene rings is 4. The van der Waals surface area contributed by atoms with Gasteiger partial charge in [-0.2, -0.15) is 13.2 Å². The van der Waals surface area contributed by atoms with Crippen LogP contribution < -0.4 is 0 Å². The number of rotatable bonds is 5. The summed E-state index contributed by atoms with van der Waals surface area (Å²) in [5.74, 6) is 4.85. The fourth-order valence-corrected chi connectivity index (χ4v) is 5.19. The van der Waals surface area contributed by atoms with E-state index in [1.807, 2.05) is 6.07 Å². The number of alkyl halides is 3. The van der Waals surface area contributed by atoms with Gasteiger partial charge in [-0.15, -0.1) is 0 Å². The van der Waals surface area contributed by atoms with Crippen molar-refractivity contribution in [2.45, 2.75) is 24.0 Å². The van der Waals surface area contributed by atoms with Gasteiger partial charge in [0.15, 0.2) is 0 Å². The molecule has 0 bridgehead atoms. The summed E-state index contributed by atoms with van der Waals surface area (Å²) in [6, 6.07) is 25.3. The second-order valence-corrected chi connectivity index (χ2v) is 10.3. The molecule has 4 aromatic carbocycles. The normalized spacial score (nSPS) is 12.2. The summed E-state index contributed by atoms with van der Waals surface area (Å²) >= 11 is 0. The van der Waals surface area contributed by atoms with Gasteiger partial charge in [0.2, 0.25) is 0 Å². The van der Waals surface area contributed by atoms with Gasteiger partial charge in [-0.1, -0.05) is 78.1 Å². The van der Waals surface area contributed by atoms with E-state index in [4.69, 9.17) is 0 Å². The summed E-state index contributed by atoms with van der Waals surface area (Å²) in [4.78, 5) is 13.7. The molecule has 8 heteroatoms. The summed E-state index contributed by atoms with van der Waals surface area (Å²) in [7, 11) is -4.50. The summed E-state index contributed by atoms with van der Waals surface area (Å²) in [5.41, 5.74) is 0.657. The van der Waals surface area contributed by atoms with E-state index in [0.29, 0.717) is 15.4 Å². The lowest BCUT2D eigenvalue weighted by atomic mass is 10.1. The summed E-state index contributed by atoms with van der Waals surface area (Å²) in [6.07, 6.45) is -4.61. The lowest BCUT2D eigenvalue weighted by Crippen LogP contribution is -2.39. The second-order valence-electron chi connectivity index (χ2n) is 8.44. The van der Waals surface area contributed by atoms with Crippen LogP contribution in [0.2, 0.25) is 0 Å². The van der Waals surface area contributed by atoms with Crippen LogP contribution in [0.25, 0.3) is 0 Å². The van der Waals surface area contributed by atoms with Crippen molar-refractivity contribution in [3.8, 4) is 11.8 Å². The van der Waals surface area contributed by atoms with Crippen molar-refractivity contribution in [1.29, 1.82) is 0 Å². The third kappa shape index (κ3) is 5.96. The minimum Gasteiger partial charge on any atom is -0.268 e. The van der Waals surface area contributed by atoms with Crippen LogP contribution in [0.1, 0.15) is 38.7 Å². The van der Waals surface area contributed by atoms with Crippen LogP contribution in [-0.2, 0) is 16.2 Å². The minimum atomic E-state index is -4.61. The van der Waals surface area contributed by atoms with E-state index in [1.54, 1.807) is 73.7 Å². The van der Waals surface area contributed by atoms with Gasteiger partial charge in [-0.05, 0) is 61.0 Å². The van der Waals surface area contributed by atoms with Crippen LogP contribution in [0.5, 0.6) is 0 Å². The Kier molecular flexibility index (Phi) is 7.70. The Labute approximate surface area is 219 Å². The van der Waals surface area contributed by atoms with Gasteiger partial charge in [-0.25, -0.2) is 12.7 Å². The van der Waals surface area contributed by atoms with Crippen molar-refractivity contribution in [1.82, 2.24) is 4.31 Å². The molecule has 0 heterocycles. The fraction of sp³-hybridized carbons (Fsp3) is 0.100. The molecular formula is C30H22F3NO3S. The van der Waals surface area contributed by atoms with Crippen LogP contribution in [0.4, 0.5) is 13.2 Å². The highest BCUT2D eigenvalue weighted by atomic mass is 32.2. The van der Waals surface area contributed by atoms with Crippen LogP contribution in [0.15, 0.2) is 114 Å². The summed E-state index contributed by atoms with van der Waals surface area (Å²) in [5, 5.41) is 0. The molecule has 0 spiro atoms. The Bertz CT molecular complexity index is 1570. The van der Waals surface area contributed by atoms with Crippen molar-refractivity contribution in [2.24, 2.45) is 0 Å². The van der Waals surface area contributed by atoms with Crippen LogP contribution in [0, 0.1) is 18.8 Å². The molecule has 1 amide bonds. The zero-order valence-electron chi connectivity index (χ0n) is 20.2. The average Bonchev–Trinajstić information content (AvgIpc) is 2.91. The molecule has 1 atom stereocenters. The number of hydrogen-bond acceptors (Lipinski definition) is 3. The van der Waals surface area contributed by atoms with E-state index in [2.05, 4.69) is 11.8 Å². The standard InChI is InChI=1S/C30H22F3NO3S/c1-22-12-19-27(20-13-22)38(36,37)34(29(35)25-15-17-26(18-16-25)30(31,32)33)28(24-10-6-3-7-11-24)21-14-23-8-4-2-5-9-23/h2-13,15-20,28H,1H3. The molecule has 1 unspecified atom stereocenters. The third-order valence-electron chi connectivity index (χ3n) is 5.71. The molecule has 0 aliphatic rings. The Hall–Kier alpha value is -4.35. The number of carbonyl (C=O) groups is 1. The predicted octanol–water partition coefficient (Wildman–Crippen LogP) is 6.64. The van der Waals surface area contributed by atoms with Crippen molar-refractivity contribution >= 4 is 15.9 Å². The maximum Gasteiger partial charge on any atom is 0.416 e. The van der Waals surface area contributed by atoms with E-state index in [0.717, 1.165) is 29.8 Å². The van der Waals surface area contributed by atoms with Crippen molar-refractivity contribution in [3.63, 3.8) is 0 Å². The molecule has 0 saturated heterocycles. The first-order valence-electron chi connectivity index (χ1n) is 11.5. The zero-order valence-corrected chi connectivity index (χ0v) is 21.0. The van der Waals surface area contributed by atoms with E-state index in [9.17, 15) is 26.4 Å². The number of carbonyl (C=O) groups excluding carboxylic acids is 1. The van der Waals surface area contributed by atoms with Crippen LogP contribution in [-0.4, -0.2) is 18.6 Å². The number of amides is 1. The van der Waals surface area contributed by atoms with Gasteiger partial charge in [0, 0.05) is 11.1 Å². The average molecular weight is 534 g/mol. The monoisotopic (exact) mass is 533 g/mol. The predicted molar refractivity (Wildman–Crippen MR) is 138 cm³/mol. The Morgan fingerprint density at radius 2 is 1.34 bits per heavy atom. The fourth-order valence-electron chi connectivity index (χ4n) is 3.70. The first kappa shape index (κ1) is 26.7. The first-order valence-corrected chi connectivity index (χ1v) is 13.0. The molecule has 0 aliphatic heterocycles. The zero-order chi connectivity index (χ0) is 27.3. The number of aryl methyl sites for hydroxylation is 1. The van der Waals surface area contributed by atoms with Crippen molar-refractivity contribution in [2.75, 3.05) is 0 Å². The van der Waals surface area contributed by atoms with Crippen LogP contribution >= 0.6 is 0 Å². The quantitative estimate of drug-likeness (QED) is 0.270. The molecule has 192 valence electrons. The number of hydrogen-bond donors (Lipinski definition) is 0. The molecule has 4 aromatic rings. The highest BCUT2D eigenvalue weighted by Crippen LogP contribution is 2.32. The summed E-state index contributed by atoms with van der Waals surface area (Å²) < 4.78 is 68.0. The highest BCUT2D eigenvalue weighted by molar-refractivity contribution is 7.89. The number of nitrogens with zero attached hydrogens (tertiary/aromatic N) is 1. The Morgan fingerprint density at radius 1 is 0.789 bits per heavy atom. The Balaban J connectivity index is 1.91. The lowest BCUT2D eigenvalue weighted by Gasteiger charge is -2.28. The topological polar surface area (TPSA) is 54.5 Å². The second kappa shape index (κ2) is 11.0. The van der Waals surface area contributed by atoms with E-state index in [1.165, 1.54) is 12.1 Å². The number of halogens is 3. The maximum atomic E-state index is 14.0. The van der Waals surface area contributed by atoms with Gasteiger partial charge in [-0.3, -0.25) is 4.79 Å².